The topological polar surface area (TPSA) is 83.9 Å². The largest absolute Gasteiger partial charge is 0.339 e. The van der Waals surface area contributed by atoms with E-state index in [-0.39, 0.29) is 11.5 Å². The van der Waals surface area contributed by atoms with E-state index < -0.39 is 0 Å². The van der Waals surface area contributed by atoms with E-state index in [0.717, 1.165) is 62.1 Å². The molecule has 5 rings (SSSR count). The molecule has 3 aliphatic rings. The fourth-order valence-electron chi connectivity index (χ4n) is 4.39. The number of hydrogen-bond acceptors (Lipinski definition) is 4. The number of aryl methyl sites for hydroxylation is 1. The van der Waals surface area contributed by atoms with Gasteiger partial charge in [0.05, 0.1) is 23.1 Å². The molecule has 26 heavy (non-hydrogen) atoms. The molecule has 0 aromatic carbocycles. The van der Waals surface area contributed by atoms with E-state index in [1.54, 1.807) is 10.9 Å². The van der Waals surface area contributed by atoms with Crippen LogP contribution in [-0.4, -0.2) is 43.6 Å². The molecule has 7 heteroatoms. The minimum atomic E-state index is -0.0870. The second-order valence-corrected chi connectivity index (χ2v) is 8.02. The molecule has 2 fully saturated rings. The fraction of sp³-hybridized carbons (Fsp3) is 0.579. The molecule has 3 heterocycles. The zero-order valence-corrected chi connectivity index (χ0v) is 15.0. The molecule has 1 spiro atoms. The van der Waals surface area contributed by atoms with Crippen LogP contribution in [0.25, 0.3) is 5.95 Å². The number of hydrogen-bond donors (Lipinski definition) is 1. The number of carbonyl (C=O) groups is 1. The lowest BCUT2D eigenvalue weighted by Gasteiger charge is -2.32. The standard InChI is InChI=1S/C19H23N5O2/c1-12-14(17(26)23-9-7-19(5-6-19)8-10-23)11-20-24(12)18-21-15-4-2-3-13(15)16(25)22-18/h11H,2-10H2,1H3,(H,21,22,25). The maximum absolute atomic E-state index is 12.9. The Morgan fingerprint density at radius 2 is 1.96 bits per heavy atom. The summed E-state index contributed by atoms with van der Waals surface area (Å²) in [6.07, 6.45) is 9.06. The van der Waals surface area contributed by atoms with E-state index in [9.17, 15) is 9.59 Å². The highest BCUT2D eigenvalue weighted by Crippen LogP contribution is 2.53. The smallest absolute Gasteiger partial charge is 0.257 e. The monoisotopic (exact) mass is 353 g/mol. The number of piperidine rings is 1. The number of nitrogens with zero attached hydrogens (tertiary/aromatic N) is 4. The average molecular weight is 353 g/mol. The van der Waals surface area contributed by atoms with Crippen LogP contribution < -0.4 is 5.56 Å². The number of amides is 1. The average Bonchev–Trinajstić information content (AvgIpc) is 3.06. The second kappa shape index (κ2) is 5.53. The van der Waals surface area contributed by atoms with Crippen molar-refractivity contribution in [2.24, 2.45) is 5.41 Å². The van der Waals surface area contributed by atoms with Gasteiger partial charge >= 0.3 is 0 Å². The van der Waals surface area contributed by atoms with Gasteiger partial charge in [-0.2, -0.15) is 5.10 Å². The van der Waals surface area contributed by atoms with Crippen molar-refractivity contribution in [1.29, 1.82) is 0 Å². The van der Waals surface area contributed by atoms with Crippen molar-refractivity contribution in [1.82, 2.24) is 24.6 Å². The Balaban J connectivity index is 1.43. The Labute approximate surface area is 151 Å². The Morgan fingerprint density at radius 3 is 2.69 bits per heavy atom. The first-order chi connectivity index (χ1) is 12.6. The van der Waals surface area contributed by atoms with Crippen LogP contribution in [0.1, 0.15) is 59.4 Å². The molecule has 2 aromatic rings. The number of aromatic nitrogens is 4. The lowest BCUT2D eigenvalue weighted by molar-refractivity contribution is 0.0678. The number of H-pyrrole nitrogens is 1. The maximum Gasteiger partial charge on any atom is 0.257 e. The summed E-state index contributed by atoms with van der Waals surface area (Å²) in [5.41, 5.74) is 3.43. The zero-order valence-electron chi connectivity index (χ0n) is 15.0. The van der Waals surface area contributed by atoms with Crippen LogP contribution in [0.4, 0.5) is 0 Å². The number of rotatable bonds is 2. The van der Waals surface area contributed by atoms with Crippen molar-refractivity contribution in [3.05, 3.63) is 39.1 Å². The van der Waals surface area contributed by atoms with Crippen LogP contribution in [0.5, 0.6) is 0 Å². The molecule has 1 N–H and O–H groups in total. The van der Waals surface area contributed by atoms with Crippen molar-refractivity contribution >= 4 is 5.91 Å². The molecular weight excluding hydrogens is 330 g/mol. The number of carbonyl (C=O) groups excluding carboxylic acids is 1. The quantitative estimate of drug-likeness (QED) is 0.892. The molecule has 0 unspecified atom stereocenters. The first-order valence-electron chi connectivity index (χ1n) is 9.53. The number of aromatic amines is 1. The van der Waals surface area contributed by atoms with Crippen molar-refractivity contribution in [3.63, 3.8) is 0 Å². The van der Waals surface area contributed by atoms with Crippen LogP contribution in [0, 0.1) is 12.3 Å². The third-order valence-electron chi connectivity index (χ3n) is 6.44. The van der Waals surface area contributed by atoms with Gasteiger partial charge in [-0.15, -0.1) is 0 Å². The van der Waals surface area contributed by atoms with E-state index in [1.165, 1.54) is 12.8 Å². The molecule has 136 valence electrons. The predicted octanol–water partition coefficient (Wildman–Crippen LogP) is 1.77. The SMILES string of the molecule is Cc1c(C(=O)N2CCC3(CC2)CC3)cnn1-c1nc2c(c(=O)[nH]1)CCC2. The molecule has 1 saturated heterocycles. The van der Waals surface area contributed by atoms with Crippen LogP contribution in [0.15, 0.2) is 11.0 Å². The molecule has 2 aliphatic carbocycles. The highest BCUT2D eigenvalue weighted by Gasteiger charge is 2.45. The number of likely N-dealkylation sites (tertiary alicyclic amines) is 1. The third kappa shape index (κ3) is 2.40. The van der Waals surface area contributed by atoms with Gasteiger partial charge in [-0.25, -0.2) is 9.67 Å². The van der Waals surface area contributed by atoms with E-state index in [4.69, 9.17) is 0 Å². The van der Waals surface area contributed by atoms with Gasteiger partial charge in [0.2, 0.25) is 5.95 Å². The molecule has 7 nitrogen and oxygen atoms in total. The highest BCUT2D eigenvalue weighted by atomic mass is 16.2. The molecular formula is C19H23N5O2. The van der Waals surface area contributed by atoms with Crippen molar-refractivity contribution in [3.8, 4) is 5.95 Å². The first kappa shape index (κ1) is 15.8. The third-order valence-corrected chi connectivity index (χ3v) is 6.44. The van der Waals surface area contributed by atoms with E-state index in [0.29, 0.717) is 16.9 Å². The van der Waals surface area contributed by atoms with Crippen molar-refractivity contribution in [2.45, 2.75) is 51.9 Å². The fourth-order valence-corrected chi connectivity index (χ4v) is 4.39. The van der Waals surface area contributed by atoms with Gasteiger partial charge in [0, 0.05) is 18.7 Å². The Bertz CT molecular complexity index is 943. The molecule has 0 radical (unpaired) electrons. The van der Waals surface area contributed by atoms with Crippen LogP contribution in [0.2, 0.25) is 0 Å². The predicted molar refractivity (Wildman–Crippen MR) is 95.5 cm³/mol. The Morgan fingerprint density at radius 1 is 1.19 bits per heavy atom. The second-order valence-electron chi connectivity index (χ2n) is 8.02. The van der Waals surface area contributed by atoms with Gasteiger partial charge < -0.3 is 4.90 Å². The van der Waals surface area contributed by atoms with Crippen LogP contribution in [0.3, 0.4) is 0 Å². The van der Waals surface area contributed by atoms with Crippen LogP contribution in [-0.2, 0) is 12.8 Å². The minimum absolute atomic E-state index is 0.0350. The summed E-state index contributed by atoms with van der Waals surface area (Å²) in [6, 6.07) is 0. The maximum atomic E-state index is 12.9. The summed E-state index contributed by atoms with van der Waals surface area (Å²) in [4.78, 5) is 34.5. The molecule has 1 amide bonds. The van der Waals surface area contributed by atoms with E-state index >= 15 is 0 Å². The van der Waals surface area contributed by atoms with Gasteiger partial charge in [0.1, 0.15) is 0 Å². The van der Waals surface area contributed by atoms with Gasteiger partial charge in [-0.1, -0.05) is 0 Å². The summed E-state index contributed by atoms with van der Waals surface area (Å²) in [5, 5.41) is 4.35. The lowest BCUT2D eigenvalue weighted by atomic mass is 9.93. The summed E-state index contributed by atoms with van der Waals surface area (Å²) >= 11 is 0. The van der Waals surface area contributed by atoms with Crippen molar-refractivity contribution < 1.29 is 4.79 Å². The summed E-state index contributed by atoms with van der Waals surface area (Å²) < 4.78 is 1.58. The number of nitrogens with one attached hydrogen (secondary N) is 1. The summed E-state index contributed by atoms with van der Waals surface area (Å²) in [7, 11) is 0. The van der Waals surface area contributed by atoms with E-state index in [2.05, 4.69) is 15.1 Å². The molecule has 0 bridgehead atoms. The first-order valence-corrected chi connectivity index (χ1v) is 9.53. The normalized spacial score (nSPS) is 20.4. The van der Waals surface area contributed by atoms with Gasteiger partial charge in [-0.05, 0) is 57.3 Å². The lowest BCUT2D eigenvalue weighted by Crippen LogP contribution is -2.39. The molecule has 0 atom stereocenters. The molecule has 2 aromatic heterocycles. The molecule has 1 aliphatic heterocycles. The zero-order chi connectivity index (χ0) is 17.9. The summed E-state index contributed by atoms with van der Waals surface area (Å²) in [6.45, 7) is 3.52. The molecule has 1 saturated carbocycles. The van der Waals surface area contributed by atoms with Crippen molar-refractivity contribution in [2.75, 3.05) is 13.1 Å². The minimum Gasteiger partial charge on any atom is -0.339 e. The van der Waals surface area contributed by atoms with Gasteiger partial charge in [-0.3, -0.25) is 14.6 Å². The van der Waals surface area contributed by atoms with E-state index in [1.807, 2.05) is 11.8 Å². The Hall–Kier alpha value is -2.44. The number of fused-ring (bicyclic) bond motifs is 1. The van der Waals surface area contributed by atoms with Gasteiger partial charge in [0.15, 0.2) is 0 Å². The van der Waals surface area contributed by atoms with Gasteiger partial charge in [0.25, 0.3) is 11.5 Å². The van der Waals surface area contributed by atoms with Crippen LogP contribution >= 0.6 is 0 Å². The Kier molecular flexibility index (Phi) is 3.36. The highest BCUT2D eigenvalue weighted by molar-refractivity contribution is 5.95. The summed E-state index contributed by atoms with van der Waals surface area (Å²) in [5.74, 6) is 0.440.